The predicted octanol–water partition coefficient (Wildman–Crippen LogP) is 6.50. The number of halogens is 3. The van der Waals surface area contributed by atoms with Crippen LogP contribution in [0.5, 0.6) is 5.75 Å². The monoisotopic (exact) mass is 487 g/mol. The van der Waals surface area contributed by atoms with Crippen molar-refractivity contribution in [1.82, 2.24) is 4.98 Å². The topological polar surface area (TPSA) is 74.6 Å². The third kappa shape index (κ3) is 5.91. The van der Waals surface area contributed by atoms with Gasteiger partial charge in [-0.25, -0.2) is 4.98 Å². The number of alkyl halides is 3. The second-order valence-corrected chi connectivity index (χ2v) is 9.12. The number of aromatic hydroxyl groups is 1. The van der Waals surface area contributed by atoms with Crippen LogP contribution >= 0.6 is 23.1 Å². The van der Waals surface area contributed by atoms with Crippen molar-refractivity contribution < 1.29 is 23.1 Å². The van der Waals surface area contributed by atoms with Crippen molar-refractivity contribution in [3.05, 3.63) is 77.9 Å². The van der Waals surface area contributed by atoms with Crippen LogP contribution < -0.4 is 5.32 Å². The number of nitrogens with one attached hydrogen (secondary N) is 1. The summed E-state index contributed by atoms with van der Waals surface area (Å²) >= 11 is 2.59. The number of hydrogen-bond donors (Lipinski definition) is 2. The first-order valence-corrected chi connectivity index (χ1v) is 11.4. The molecule has 4 aromatic rings. The Morgan fingerprint density at radius 1 is 1.12 bits per heavy atom. The number of phenolic OH excluding ortho intramolecular Hbond substituents is 1. The molecule has 0 atom stereocenters. The number of aliphatic imine (C=N–C) groups is 1. The summed E-state index contributed by atoms with van der Waals surface area (Å²) in [4.78, 5) is 21.0. The Hall–Kier alpha value is -3.37. The molecule has 0 aliphatic heterocycles. The van der Waals surface area contributed by atoms with Gasteiger partial charge >= 0.3 is 6.18 Å². The Kier molecular flexibility index (Phi) is 6.66. The second-order valence-electron chi connectivity index (χ2n) is 6.86. The number of thioether (sulfide) groups is 1. The molecule has 2 N–H and O–H groups in total. The average Bonchev–Trinajstić information content (AvgIpc) is 3.19. The van der Waals surface area contributed by atoms with E-state index in [9.17, 15) is 23.1 Å². The highest BCUT2D eigenvalue weighted by atomic mass is 32.2. The van der Waals surface area contributed by atoms with Crippen LogP contribution in [0.3, 0.4) is 0 Å². The van der Waals surface area contributed by atoms with Crippen molar-refractivity contribution in [2.24, 2.45) is 4.99 Å². The number of para-hydroxylation sites is 1. The highest BCUT2D eigenvalue weighted by molar-refractivity contribution is 8.01. The van der Waals surface area contributed by atoms with E-state index in [1.165, 1.54) is 35.2 Å². The van der Waals surface area contributed by atoms with E-state index in [4.69, 9.17) is 0 Å². The van der Waals surface area contributed by atoms with Crippen LogP contribution in [0.1, 0.15) is 11.1 Å². The number of anilines is 1. The molecule has 5 nitrogen and oxygen atoms in total. The molecular weight excluding hydrogens is 471 g/mol. The number of benzene rings is 3. The molecule has 1 aromatic heterocycles. The van der Waals surface area contributed by atoms with Crippen LogP contribution in [0.15, 0.2) is 76.1 Å². The van der Waals surface area contributed by atoms with Crippen LogP contribution in [-0.4, -0.2) is 28.0 Å². The first kappa shape index (κ1) is 22.8. The normalized spacial score (nSPS) is 11.8. The van der Waals surface area contributed by atoms with Gasteiger partial charge in [0.05, 0.1) is 27.2 Å². The van der Waals surface area contributed by atoms with Gasteiger partial charge < -0.3 is 10.4 Å². The molecule has 1 heterocycles. The minimum Gasteiger partial charge on any atom is -0.507 e. The number of aromatic nitrogens is 1. The van der Waals surface area contributed by atoms with Crippen LogP contribution in [0.4, 0.5) is 24.5 Å². The number of carbonyl (C=O) groups excluding carboxylic acids is 1. The van der Waals surface area contributed by atoms with E-state index in [0.717, 1.165) is 22.3 Å². The maximum absolute atomic E-state index is 12.8. The molecule has 0 bridgehead atoms. The minimum absolute atomic E-state index is 0.00829. The summed E-state index contributed by atoms with van der Waals surface area (Å²) < 4.78 is 40.0. The molecule has 0 saturated heterocycles. The summed E-state index contributed by atoms with van der Waals surface area (Å²) in [6.45, 7) is 0. The maximum Gasteiger partial charge on any atom is 0.416 e. The first-order valence-electron chi connectivity index (χ1n) is 9.60. The number of fused-ring (bicyclic) bond motifs is 1. The molecule has 0 aliphatic rings. The Morgan fingerprint density at radius 3 is 2.73 bits per heavy atom. The summed E-state index contributed by atoms with van der Waals surface area (Å²) in [6.07, 6.45) is -2.90. The number of hydrogen-bond acceptors (Lipinski definition) is 6. The molecule has 0 aliphatic carbocycles. The minimum atomic E-state index is -4.47. The number of rotatable bonds is 6. The van der Waals surface area contributed by atoms with E-state index in [-0.39, 0.29) is 17.2 Å². The Balaban J connectivity index is 1.39. The van der Waals surface area contributed by atoms with Crippen LogP contribution in [0.25, 0.3) is 10.2 Å². The van der Waals surface area contributed by atoms with E-state index in [1.807, 2.05) is 12.1 Å². The van der Waals surface area contributed by atoms with E-state index < -0.39 is 17.6 Å². The fourth-order valence-electron chi connectivity index (χ4n) is 2.87. The van der Waals surface area contributed by atoms with Gasteiger partial charge in [0.15, 0.2) is 4.34 Å². The molecule has 0 spiro atoms. The van der Waals surface area contributed by atoms with Gasteiger partial charge in [0.2, 0.25) is 5.91 Å². The van der Waals surface area contributed by atoms with Gasteiger partial charge in [-0.15, -0.1) is 11.3 Å². The van der Waals surface area contributed by atoms with E-state index in [1.54, 1.807) is 36.5 Å². The molecule has 0 saturated carbocycles. The van der Waals surface area contributed by atoms with Gasteiger partial charge in [-0.2, -0.15) is 13.2 Å². The fourth-order valence-corrected chi connectivity index (χ4v) is 4.77. The number of phenols is 1. The number of carbonyl (C=O) groups is 1. The molecule has 33 heavy (non-hydrogen) atoms. The summed E-state index contributed by atoms with van der Waals surface area (Å²) in [5, 5.41) is 12.3. The fraction of sp³-hybridized carbons (Fsp3) is 0.0870. The lowest BCUT2D eigenvalue weighted by Crippen LogP contribution is -2.14. The Bertz CT molecular complexity index is 1340. The van der Waals surface area contributed by atoms with E-state index in [0.29, 0.717) is 15.6 Å². The maximum atomic E-state index is 12.8. The highest BCUT2D eigenvalue weighted by Crippen LogP contribution is 2.33. The Labute approximate surface area is 195 Å². The van der Waals surface area contributed by atoms with Crippen molar-refractivity contribution in [3.63, 3.8) is 0 Å². The van der Waals surface area contributed by atoms with Crippen molar-refractivity contribution >= 4 is 56.8 Å². The van der Waals surface area contributed by atoms with Gasteiger partial charge in [0, 0.05) is 17.5 Å². The second kappa shape index (κ2) is 9.63. The van der Waals surface area contributed by atoms with Gasteiger partial charge in [-0.1, -0.05) is 30.0 Å². The van der Waals surface area contributed by atoms with Gasteiger partial charge in [0.25, 0.3) is 0 Å². The molecule has 0 unspecified atom stereocenters. The molecule has 10 heteroatoms. The third-order valence-electron chi connectivity index (χ3n) is 4.44. The summed E-state index contributed by atoms with van der Waals surface area (Å²) in [5.74, 6) is -0.275. The molecular formula is C23H16F3N3O2S2. The van der Waals surface area contributed by atoms with Gasteiger partial charge in [-0.3, -0.25) is 9.79 Å². The smallest absolute Gasteiger partial charge is 0.416 e. The van der Waals surface area contributed by atoms with Gasteiger partial charge in [-0.05, 0) is 48.5 Å². The molecule has 168 valence electrons. The van der Waals surface area contributed by atoms with Crippen LogP contribution in [-0.2, 0) is 11.0 Å². The molecule has 0 radical (unpaired) electrons. The average molecular weight is 488 g/mol. The molecule has 0 fully saturated rings. The largest absolute Gasteiger partial charge is 0.507 e. The summed E-state index contributed by atoms with van der Waals surface area (Å²) in [5.41, 5.74) is 1.31. The summed E-state index contributed by atoms with van der Waals surface area (Å²) in [6, 6.07) is 16.9. The number of nitrogens with zero attached hydrogens (tertiary/aromatic N) is 2. The molecule has 1 amide bonds. The summed E-state index contributed by atoms with van der Waals surface area (Å²) in [7, 11) is 0. The number of thiazole rings is 1. The predicted molar refractivity (Wildman–Crippen MR) is 126 cm³/mol. The van der Waals surface area contributed by atoms with Crippen molar-refractivity contribution in [1.29, 1.82) is 0 Å². The highest BCUT2D eigenvalue weighted by Gasteiger charge is 2.30. The molecule has 3 aromatic carbocycles. The quantitative estimate of drug-likeness (QED) is 0.240. The van der Waals surface area contributed by atoms with E-state index in [2.05, 4.69) is 15.3 Å². The standard InChI is InChI=1S/C23H16F3N3O2S2/c24-23(25,26)15-5-3-6-17(10-15)28-21(31)13-32-22-29-18-9-8-16(11-20(18)33-22)27-12-14-4-1-2-7-19(14)30/h1-12,30H,13H2,(H,28,31). The van der Waals surface area contributed by atoms with Crippen LogP contribution in [0, 0.1) is 0 Å². The van der Waals surface area contributed by atoms with Crippen molar-refractivity contribution in [3.8, 4) is 5.75 Å². The molecule has 4 rings (SSSR count). The zero-order valence-electron chi connectivity index (χ0n) is 16.8. The van der Waals surface area contributed by atoms with Gasteiger partial charge in [0.1, 0.15) is 5.75 Å². The lowest BCUT2D eigenvalue weighted by atomic mass is 10.2. The lowest BCUT2D eigenvalue weighted by Gasteiger charge is -2.09. The Morgan fingerprint density at radius 2 is 1.94 bits per heavy atom. The SMILES string of the molecule is O=C(CSc1nc2ccc(N=Cc3ccccc3O)cc2s1)Nc1cccc(C(F)(F)F)c1. The lowest BCUT2D eigenvalue weighted by molar-refractivity contribution is -0.137. The van der Waals surface area contributed by atoms with Crippen LogP contribution in [0.2, 0.25) is 0 Å². The van der Waals surface area contributed by atoms with Crippen molar-refractivity contribution in [2.75, 3.05) is 11.1 Å². The zero-order valence-corrected chi connectivity index (χ0v) is 18.5. The number of amides is 1. The zero-order chi connectivity index (χ0) is 23.4. The third-order valence-corrected chi connectivity index (χ3v) is 6.60. The first-order chi connectivity index (χ1) is 15.8. The van der Waals surface area contributed by atoms with Crippen molar-refractivity contribution in [2.45, 2.75) is 10.5 Å². The van der Waals surface area contributed by atoms with E-state index >= 15 is 0 Å².